The number of nitro groups is 1. The van der Waals surface area contributed by atoms with Crippen LogP contribution in [0.1, 0.15) is 16.8 Å². The minimum Gasteiger partial charge on any atom is -0.478 e. The fraction of sp³-hybridized carbons (Fsp3) is 0.300. The lowest BCUT2D eigenvalue weighted by Gasteiger charge is -2.30. The van der Waals surface area contributed by atoms with Gasteiger partial charge in [0, 0.05) is 25.2 Å². The van der Waals surface area contributed by atoms with Gasteiger partial charge in [0.2, 0.25) is 10.0 Å². The van der Waals surface area contributed by atoms with Crippen LogP contribution in [0.4, 0.5) is 5.69 Å². The molecule has 1 fully saturated rings. The molecule has 19 heavy (non-hydrogen) atoms. The van der Waals surface area contributed by atoms with E-state index in [1.807, 2.05) is 0 Å². The first-order valence-corrected chi connectivity index (χ1v) is 6.80. The summed E-state index contributed by atoms with van der Waals surface area (Å²) in [6.07, 6.45) is 0.717. The van der Waals surface area contributed by atoms with Crippen molar-refractivity contribution >= 4 is 21.7 Å². The third kappa shape index (κ3) is 2.29. The second kappa shape index (κ2) is 4.59. The topological polar surface area (TPSA) is 118 Å². The van der Waals surface area contributed by atoms with E-state index in [0.717, 1.165) is 22.5 Å². The van der Waals surface area contributed by atoms with Crippen LogP contribution in [0.3, 0.4) is 0 Å². The number of benzene rings is 1. The zero-order valence-corrected chi connectivity index (χ0v) is 10.5. The molecule has 1 saturated heterocycles. The Bertz CT molecular complexity index is 650. The predicted octanol–water partition coefficient (Wildman–Crippen LogP) is 0.687. The summed E-state index contributed by atoms with van der Waals surface area (Å²) in [5.74, 6) is -1.51. The molecule has 1 aliphatic rings. The quantitative estimate of drug-likeness (QED) is 0.642. The van der Waals surface area contributed by atoms with Crippen LogP contribution >= 0.6 is 0 Å². The van der Waals surface area contributed by atoms with Gasteiger partial charge in [-0.15, -0.1) is 0 Å². The Kier molecular flexibility index (Phi) is 3.25. The maximum atomic E-state index is 12.1. The van der Waals surface area contributed by atoms with Gasteiger partial charge in [-0.25, -0.2) is 13.2 Å². The van der Waals surface area contributed by atoms with Crippen molar-refractivity contribution < 1.29 is 23.2 Å². The van der Waals surface area contributed by atoms with Gasteiger partial charge in [0.25, 0.3) is 5.69 Å². The van der Waals surface area contributed by atoms with Gasteiger partial charge >= 0.3 is 5.97 Å². The van der Waals surface area contributed by atoms with Crippen LogP contribution in [0.15, 0.2) is 23.1 Å². The smallest absolute Gasteiger partial charge is 0.337 e. The summed E-state index contributed by atoms with van der Waals surface area (Å²) >= 11 is 0. The molecule has 0 aliphatic carbocycles. The third-order valence-electron chi connectivity index (χ3n) is 2.84. The Labute approximate surface area is 108 Å². The van der Waals surface area contributed by atoms with E-state index in [0.29, 0.717) is 19.5 Å². The van der Waals surface area contributed by atoms with Crippen molar-refractivity contribution in [3.8, 4) is 0 Å². The summed E-state index contributed by atoms with van der Waals surface area (Å²) in [7, 11) is -3.89. The number of carbonyl (C=O) groups is 1. The number of non-ortho nitro benzene ring substituents is 1. The van der Waals surface area contributed by atoms with Crippen LogP contribution in [0.25, 0.3) is 0 Å². The normalized spacial score (nSPS) is 15.8. The molecule has 1 N–H and O–H groups in total. The van der Waals surface area contributed by atoms with Crippen molar-refractivity contribution in [2.45, 2.75) is 11.3 Å². The minimum absolute atomic E-state index is 0.332. The second-order valence-corrected chi connectivity index (χ2v) is 5.91. The lowest BCUT2D eigenvalue weighted by Crippen LogP contribution is -2.42. The molecule has 0 radical (unpaired) electrons. The van der Waals surface area contributed by atoms with Gasteiger partial charge in [-0.1, -0.05) is 0 Å². The number of aromatic carboxylic acids is 1. The number of nitro benzene ring substituents is 1. The van der Waals surface area contributed by atoms with Gasteiger partial charge in [0.05, 0.1) is 15.4 Å². The van der Waals surface area contributed by atoms with E-state index in [9.17, 15) is 23.3 Å². The first-order chi connectivity index (χ1) is 8.84. The largest absolute Gasteiger partial charge is 0.478 e. The summed E-state index contributed by atoms with van der Waals surface area (Å²) in [6.45, 7) is 0.663. The molecule has 1 heterocycles. The highest BCUT2D eigenvalue weighted by Gasteiger charge is 2.33. The first-order valence-electron chi connectivity index (χ1n) is 5.36. The standard InChI is InChI=1S/C10H10N2O6S/c13-10(14)8-6-7(12(15)16)2-3-9(8)19(17,18)11-4-1-5-11/h2-3,6H,1,4-5H2,(H,13,14). The lowest BCUT2D eigenvalue weighted by molar-refractivity contribution is -0.384. The molecule has 0 spiro atoms. The number of hydrogen-bond acceptors (Lipinski definition) is 5. The van der Waals surface area contributed by atoms with Gasteiger partial charge in [-0.05, 0) is 12.5 Å². The monoisotopic (exact) mass is 286 g/mol. The zero-order valence-electron chi connectivity index (χ0n) is 9.64. The highest BCUT2D eigenvalue weighted by atomic mass is 32.2. The van der Waals surface area contributed by atoms with Crippen molar-refractivity contribution in [1.29, 1.82) is 0 Å². The summed E-state index contributed by atoms with van der Waals surface area (Å²) in [6, 6.07) is 2.71. The fourth-order valence-corrected chi connectivity index (χ4v) is 3.37. The maximum absolute atomic E-state index is 12.1. The molecule has 1 aromatic carbocycles. The molecular formula is C10H10N2O6S. The van der Waals surface area contributed by atoms with Crippen molar-refractivity contribution in [2.75, 3.05) is 13.1 Å². The van der Waals surface area contributed by atoms with Crippen LogP contribution in [-0.2, 0) is 10.0 Å². The van der Waals surface area contributed by atoms with Crippen molar-refractivity contribution in [3.63, 3.8) is 0 Å². The predicted molar refractivity (Wildman–Crippen MR) is 63.4 cm³/mol. The average molecular weight is 286 g/mol. The van der Waals surface area contributed by atoms with E-state index in [2.05, 4.69) is 0 Å². The molecule has 0 amide bonds. The number of rotatable bonds is 4. The van der Waals surface area contributed by atoms with E-state index in [1.165, 1.54) is 0 Å². The Balaban J connectivity index is 2.57. The Hall–Kier alpha value is -2.00. The molecule has 0 saturated carbocycles. The molecule has 0 aromatic heterocycles. The molecule has 8 nitrogen and oxygen atoms in total. The summed E-state index contributed by atoms with van der Waals surface area (Å²) in [4.78, 5) is 20.5. The number of hydrogen-bond donors (Lipinski definition) is 1. The molecule has 0 unspecified atom stereocenters. The number of sulfonamides is 1. The van der Waals surface area contributed by atoms with E-state index >= 15 is 0 Å². The molecule has 9 heteroatoms. The van der Waals surface area contributed by atoms with Crippen LogP contribution in [0.2, 0.25) is 0 Å². The number of carboxylic acids is 1. The van der Waals surface area contributed by atoms with E-state index in [1.54, 1.807) is 0 Å². The van der Waals surface area contributed by atoms with Crippen LogP contribution in [0.5, 0.6) is 0 Å². The van der Waals surface area contributed by atoms with Gasteiger partial charge < -0.3 is 5.11 Å². The first kappa shape index (κ1) is 13.4. The van der Waals surface area contributed by atoms with Gasteiger partial charge in [0.15, 0.2) is 0 Å². The van der Waals surface area contributed by atoms with Gasteiger partial charge in [0.1, 0.15) is 0 Å². The average Bonchev–Trinajstić information content (AvgIpc) is 2.24. The third-order valence-corrected chi connectivity index (χ3v) is 4.79. The van der Waals surface area contributed by atoms with Crippen molar-refractivity contribution in [2.24, 2.45) is 0 Å². The molecule has 1 aromatic rings. The van der Waals surface area contributed by atoms with Gasteiger partial charge in [-0.2, -0.15) is 4.31 Å². The molecule has 0 atom stereocenters. The van der Waals surface area contributed by atoms with Crippen molar-refractivity contribution in [3.05, 3.63) is 33.9 Å². The minimum atomic E-state index is -3.89. The Morgan fingerprint density at radius 3 is 2.42 bits per heavy atom. The molecule has 0 bridgehead atoms. The summed E-state index contributed by atoms with van der Waals surface area (Å²) in [5.41, 5.74) is -1.04. The van der Waals surface area contributed by atoms with Crippen LogP contribution < -0.4 is 0 Å². The van der Waals surface area contributed by atoms with E-state index in [-0.39, 0.29) is 0 Å². The fourth-order valence-electron chi connectivity index (χ4n) is 1.69. The lowest BCUT2D eigenvalue weighted by atomic mass is 10.2. The van der Waals surface area contributed by atoms with E-state index < -0.39 is 37.1 Å². The second-order valence-electron chi connectivity index (χ2n) is 4.00. The van der Waals surface area contributed by atoms with Crippen LogP contribution in [-0.4, -0.2) is 41.8 Å². The molecule has 1 aliphatic heterocycles. The van der Waals surface area contributed by atoms with Crippen LogP contribution in [0, 0.1) is 10.1 Å². The SMILES string of the molecule is O=C(O)c1cc([N+](=O)[O-])ccc1S(=O)(=O)N1CCC1. The molecule has 102 valence electrons. The van der Waals surface area contributed by atoms with Gasteiger partial charge in [-0.3, -0.25) is 10.1 Å². The summed E-state index contributed by atoms with van der Waals surface area (Å²) in [5, 5.41) is 19.6. The highest BCUT2D eigenvalue weighted by molar-refractivity contribution is 7.89. The Morgan fingerprint density at radius 2 is 2.00 bits per heavy atom. The zero-order chi connectivity index (χ0) is 14.2. The van der Waals surface area contributed by atoms with Crippen molar-refractivity contribution in [1.82, 2.24) is 4.31 Å². The van der Waals surface area contributed by atoms with E-state index in [4.69, 9.17) is 5.11 Å². The maximum Gasteiger partial charge on any atom is 0.337 e. The number of carboxylic acid groups (broad SMARTS) is 1. The Morgan fingerprint density at radius 1 is 1.37 bits per heavy atom. The number of nitrogens with zero attached hydrogens (tertiary/aromatic N) is 2. The summed E-state index contributed by atoms with van der Waals surface area (Å²) < 4.78 is 25.4. The highest BCUT2D eigenvalue weighted by Crippen LogP contribution is 2.27. The molecular weight excluding hydrogens is 276 g/mol. The molecule has 2 rings (SSSR count).